The molecule has 0 aliphatic rings. The Kier molecular flexibility index (Phi) is 8.31. The Morgan fingerprint density at radius 2 is 1.59 bits per heavy atom. The van der Waals surface area contributed by atoms with Crippen LogP contribution in [-0.4, -0.2) is 25.0 Å². The zero-order valence-corrected chi connectivity index (χ0v) is 10.9. The van der Waals surface area contributed by atoms with Gasteiger partial charge in [0.05, 0.1) is 0 Å². The second-order valence-electron chi connectivity index (χ2n) is 3.84. The molecule has 2 N–H and O–H groups in total. The zero-order valence-electron chi connectivity index (χ0n) is 10.1. The highest BCUT2D eigenvalue weighted by Gasteiger charge is 2.06. The largest absolute Gasteiger partial charge is 0.370 e. The van der Waals surface area contributed by atoms with Crippen LogP contribution in [0.5, 0.6) is 0 Å². The van der Waals surface area contributed by atoms with E-state index in [4.69, 9.17) is 5.73 Å². The fourth-order valence-corrected chi connectivity index (χ4v) is 1.91. The van der Waals surface area contributed by atoms with E-state index in [0.29, 0.717) is 43.4 Å². The number of ketones is 1. The van der Waals surface area contributed by atoms with Gasteiger partial charge in [-0.2, -0.15) is 8.42 Å². The van der Waals surface area contributed by atoms with Crippen LogP contribution in [0.2, 0.25) is 0 Å². The van der Waals surface area contributed by atoms with E-state index in [9.17, 15) is 18.0 Å². The van der Waals surface area contributed by atoms with Gasteiger partial charge in [-0.05, 0) is 25.7 Å². The molecule has 17 heavy (non-hydrogen) atoms. The van der Waals surface area contributed by atoms with Crippen LogP contribution in [0.25, 0.3) is 0 Å². The first kappa shape index (κ1) is 15.8. The van der Waals surface area contributed by atoms with Crippen molar-refractivity contribution in [2.24, 2.45) is 5.73 Å². The summed E-state index contributed by atoms with van der Waals surface area (Å²) in [7, 11) is -2.18. The fourth-order valence-electron chi connectivity index (χ4n) is 1.40. The minimum Gasteiger partial charge on any atom is -0.370 e. The van der Waals surface area contributed by atoms with Gasteiger partial charge < -0.3 is 5.73 Å². The maximum Gasteiger partial charge on any atom is 0.217 e. The summed E-state index contributed by atoms with van der Waals surface area (Å²) < 4.78 is 21.4. The number of carbonyl (C=O) groups excluding carboxylic acids is 2. The van der Waals surface area contributed by atoms with Gasteiger partial charge in [-0.1, -0.05) is 6.92 Å². The highest BCUT2D eigenvalue weighted by molar-refractivity contribution is 7.73. The first-order valence-electron chi connectivity index (χ1n) is 5.71. The van der Waals surface area contributed by atoms with E-state index in [2.05, 4.69) is 0 Å². The van der Waals surface area contributed by atoms with Crippen molar-refractivity contribution in [3.63, 3.8) is 0 Å². The van der Waals surface area contributed by atoms with E-state index in [-0.39, 0.29) is 18.1 Å². The number of hydrogen-bond donors (Lipinski definition) is 1. The fraction of sp³-hybridized carbons (Fsp3) is 0.727. The molecule has 0 aromatic rings. The van der Waals surface area contributed by atoms with E-state index < -0.39 is 10.3 Å². The molecule has 98 valence electrons. The lowest BCUT2D eigenvalue weighted by Crippen LogP contribution is -2.10. The van der Waals surface area contributed by atoms with E-state index in [1.54, 1.807) is 6.92 Å². The molecule has 0 heterocycles. The predicted molar refractivity (Wildman–Crippen MR) is 66.1 cm³/mol. The van der Waals surface area contributed by atoms with Crippen LogP contribution >= 0.6 is 0 Å². The van der Waals surface area contributed by atoms with Crippen molar-refractivity contribution in [1.29, 1.82) is 0 Å². The molecule has 0 rings (SSSR count). The minimum atomic E-state index is -2.18. The van der Waals surface area contributed by atoms with Crippen LogP contribution < -0.4 is 5.73 Å². The van der Waals surface area contributed by atoms with Crippen molar-refractivity contribution in [3.05, 3.63) is 0 Å². The summed E-state index contributed by atoms with van der Waals surface area (Å²) >= 11 is 0. The Morgan fingerprint density at radius 1 is 1.00 bits per heavy atom. The van der Waals surface area contributed by atoms with E-state index in [1.807, 2.05) is 0 Å². The molecule has 0 bridgehead atoms. The molecule has 0 aliphatic carbocycles. The number of primary amides is 1. The number of unbranched alkanes of at least 4 members (excludes halogenated alkanes) is 1. The molecular weight excluding hydrogens is 242 g/mol. The Bertz CT molecular complexity index is 390. The molecule has 6 heteroatoms. The smallest absolute Gasteiger partial charge is 0.217 e. The van der Waals surface area contributed by atoms with Gasteiger partial charge in [0.25, 0.3) is 0 Å². The van der Waals surface area contributed by atoms with Crippen LogP contribution in [0.15, 0.2) is 0 Å². The molecule has 5 nitrogen and oxygen atoms in total. The molecule has 0 atom stereocenters. The maximum atomic E-state index is 11.4. The van der Waals surface area contributed by atoms with Gasteiger partial charge >= 0.3 is 0 Å². The second-order valence-corrected chi connectivity index (χ2v) is 4.89. The van der Waals surface area contributed by atoms with Gasteiger partial charge in [0.2, 0.25) is 16.2 Å². The molecule has 0 saturated carbocycles. The molecule has 1 amide bonds. The molecule has 0 fully saturated rings. The summed E-state index contributed by atoms with van der Waals surface area (Å²) in [5.74, 6) is -0.327. The molecule has 0 aliphatic heterocycles. The number of Topliss-reactive ketones (excluding diaryl/α,β-unsaturated/α-hetero) is 1. The van der Waals surface area contributed by atoms with Gasteiger partial charge in [-0.3, -0.25) is 9.59 Å². The molecular formula is C11H19NO4S. The molecule has 0 saturated heterocycles. The lowest BCUT2D eigenvalue weighted by Gasteiger charge is -2.00. The second kappa shape index (κ2) is 8.92. The summed E-state index contributed by atoms with van der Waals surface area (Å²) in [4.78, 5) is 22.2. The number of hydrogen-bond acceptors (Lipinski definition) is 4. The van der Waals surface area contributed by atoms with Crippen molar-refractivity contribution in [2.75, 3.05) is 0 Å². The maximum absolute atomic E-state index is 11.4. The predicted octanol–water partition coefficient (Wildman–Crippen LogP) is 0.843. The quantitative estimate of drug-likeness (QED) is 0.491. The Morgan fingerprint density at radius 3 is 2.06 bits per heavy atom. The van der Waals surface area contributed by atoms with Gasteiger partial charge in [0.15, 0.2) is 0 Å². The minimum absolute atomic E-state index is 0.0332. The Labute approximate surface area is 103 Å². The highest BCUT2D eigenvalue weighted by atomic mass is 32.2. The monoisotopic (exact) mass is 261 g/mol. The summed E-state index contributed by atoms with van der Waals surface area (Å²) in [6.45, 7) is 1.75. The van der Waals surface area contributed by atoms with Crippen LogP contribution in [0.3, 0.4) is 0 Å². The lowest BCUT2D eigenvalue weighted by atomic mass is 10.1. The van der Waals surface area contributed by atoms with Crippen molar-refractivity contribution in [1.82, 2.24) is 0 Å². The summed E-state index contributed by atoms with van der Waals surface area (Å²) in [6.07, 6.45) is 2.93. The summed E-state index contributed by atoms with van der Waals surface area (Å²) in [6, 6.07) is 0. The van der Waals surface area contributed by atoms with E-state index in [0.717, 1.165) is 0 Å². The molecule has 0 radical (unpaired) electrons. The molecule has 0 unspecified atom stereocenters. The number of carbonyl (C=O) groups is 2. The summed E-state index contributed by atoms with van der Waals surface area (Å²) in [5.41, 5.74) is 4.96. The van der Waals surface area contributed by atoms with Crippen LogP contribution in [0.1, 0.15) is 51.9 Å². The third-order valence-corrected chi connectivity index (χ3v) is 3.41. The van der Waals surface area contributed by atoms with Crippen LogP contribution in [0.4, 0.5) is 0 Å². The van der Waals surface area contributed by atoms with Gasteiger partial charge in [0, 0.05) is 24.1 Å². The van der Waals surface area contributed by atoms with Crippen molar-refractivity contribution < 1.29 is 18.0 Å². The van der Waals surface area contributed by atoms with Gasteiger partial charge in [-0.25, -0.2) is 0 Å². The highest BCUT2D eigenvalue weighted by Crippen LogP contribution is 2.05. The lowest BCUT2D eigenvalue weighted by molar-refractivity contribution is -0.120. The van der Waals surface area contributed by atoms with Crippen molar-refractivity contribution >= 4 is 26.8 Å². The van der Waals surface area contributed by atoms with Gasteiger partial charge in [0.1, 0.15) is 5.78 Å². The average Bonchev–Trinajstić information content (AvgIpc) is 2.24. The normalized spacial score (nSPS) is 9.94. The topological polar surface area (TPSA) is 94.3 Å². The Hall–Kier alpha value is -1.17. The standard InChI is InChI=1S/C11H19NO4S/c1-2-10(17(15)16)8-7-9(13)5-3-4-6-11(12)14/h2-8H2,1H3,(H2,12,14). The number of nitrogens with two attached hydrogens (primary N) is 1. The van der Waals surface area contributed by atoms with Crippen LogP contribution in [-0.2, 0) is 19.9 Å². The average molecular weight is 261 g/mol. The van der Waals surface area contributed by atoms with Crippen LogP contribution in [0, 0.1) is 0 Å². The Balaban J connectivity index is 3.81. The zero-order chi connectivity index (χ0) is 13.3. The summed E-state index contributed by atoms with van der Waals surface area (Å²) in [5, 5.41) is 0. The third kappa shape index (κ3) is 8.62. The molecule has 0 spiro atoms. The number of amides is 1. The third-order valence-electron chi connectivity index (χ3n) is 2.44. The first-order chi connectivity index (χ1) is 7.97. The van der Waals surface area contributed by atoms with Crippen molar-refractivity contribution in [3.8, 4) is 0 Å². The van der Waals surface area contributed by atoms with Gasteiger partial charge in [-0.15, -0.1) is 0 Å². The SMILES string of the molecule is CCC(CCC(=O)CCCCC(N)=O)=S(=O)=O. The molecule has 0 aromatic heterocycles. The van der Waals surface area contributed by atoms with E-state index >= 15 is 0 Å². The van der Waals surface area contributed by atoms with E-state index in [1.165, 1.54) is 0 Å². The molecule has 0 aromatic carbocycles. The van der Waals surface area contributed by atoms with Crippen molar-refractivity contribution in [2.45, 2.75) is 51.9 Å². The number of rotatable bonds is 9. The first-order valence-corrected chi connectivity index (χ1v) is 6.78.